The number of amides is 1. The van der Waals surface area contributed by atoms with E-state index in [-0.39, 0.29) is 11.9 Å². The summed E-state index contributed by atoms with van der Waals surface area (Å²) < 4.78 is 0. The van der Waals surface area contributed by atoms with Crippen LogP contribution in [0.1, 0.15) is 13.3 Å². The largest absolute Gasteiger partial charge is 0.327 e. The zero-order valence-electron chi connectivity index (χ0n) is 6.91. The molecule has 4 heteroatoms. The Morgan fingerprint density at radius 1 is 1.83 bits per heavy atom. The van der Waals surface area contributed by atoms with Crippen LogP contribution in [0.3, 0.4) is 0 Å². The Hall–Kier alpha value is -0.870. The maximum Gasteiger partial charge on any atom is 0.225 e. The molecule has 0 aromatic carbocycles. The standard InChI is InChI=1S/C8H12N2OS/c1-6(9)4-8(11)10-7-2-3-12-5-7/h2-3,5-6H,4,9H2,1H3,(H,10,11). The van der Waals surface area contributed by atoms with Crippen molar-refractivity contribution in [3.63, 3.8) is 0 Å². The van der Waals surface area contributed by atoms with Crippen molar-refractivity contribution < 1.29 is 4.79 Å². The van der Waals surface area contributed by atoms with Gasteiger partial charge in [0, 0.05) is 17.8 Å². The average Bonchev–Trinajstić information content (AvgIpc) is 2.37. The maximum atomic E-state index is 11.1. The highest BCUT2D eigenvalue weighted by Crippen LogP contribution is 2.11. The van der Waals surface area contributed by atoms with E-state index in [0.717, 1.165) is 5.69 Å². The van der Waals surface area contributed by atoms with Gasteiger partial charge in [-0.3, -0.25) is 4.79 Å². The Bertz CT molecular complexity index is 244. The summed E-state index contributed by atoms with van der Waals surface area (Å²) >= 11 is 1.55. The first-order chi connectivity index (χ1) is 5.68. The van der Waals surface area contributed by atoms with Gasteiger partial charge in [0.1, 0.15) is 0 Å². The molecule has 3 N–H and O–H groups in total. The van der Waals surface area contributed by atoms with Crippen LogP contribution in [0.2, 0.25) is 0 Å². The SMILES string of the molecule is CC(N)CC(=O)Nc1ccsc1. The molecule has 0 spiro atoms. The van der Waals surface area contributed by atoms with Crippen LogP contribution in [0.25, 0.3) is 0 Å². The molecule has 0 aliphatic carbocycles. The van der Waals surface area contributed by atoms with E-state index in [2.05, 4.69) is 5.32 Å². The van der Waals surface area contributed by atoms with Gasteiger partial charge in [-0.2, -0.15) is 11.3 Å². The quantitative estimate of drug-likeness (QED) is 0.746. The molecule has 0 aliphatic heterocycles. The third-order valence-corrected chi connectivity index (χ3v) is 2.00. The summed E-state index contributed by atoms with van der Waals surface area (Å²) in [5.41, 5.74) is 6.32. The monoisotopic (exact) mass is 184 g/mol. The van der Waals surface area contributed by atoms with Crippen LogP contribution in [0, 0.1) is 0 Å². The molecule has 1 amide bonds. The van der Waals surface area contributed by atoms with Crippen LogP contribution in [-0.2, 0) is 4.79 Å². The number of rotatable bonds is 3. The fraction of sp³-hybridized carbons (Fsp3) is 0.375. The summed E-state index contributed by atoms with van der Waals surface area (Å²) in [7, 11) is 0. The Morgan fingerprint density at radius 3 is 3.08 bits per heavy atom. The molecule has 0 saturated heterocycles. The second-order valence-corrected chi connectivity index (χ2v) is 3.52. The van der Waals surface area contributed by atoms with Gasteiger partial charge in [-0.15, -0.1) is 0 Å². The minimum absolute atomic E-state index is 0.0246. The van der Waals surface area contributed by atoms with Crippen LogP contribution in [0.5, 0.6) is 0 Å². The lowest BCUT2D eigenvalue weighted by Gasteiger charge is -2.04. The molecule has 1 rings (SSSR count). The van der Waals surface area contributed by atoms with Crippen molar-refractivity contribution in [2.24, 2.45) is 5.73 Å². The number of hydrogen-bond donors (Lipinski definition) is 2. The van der Waals surface area contributed by atoms with Crippen LogP contribution in [0.4, 0.5) is 5.69 Å². The molecule has 0 radical (unpaired) electrons. The summed E-state index contributed by atoms with van der Waals surface area (Å²) in [4.78, 5) is 11.1. The maximum absolute atomic E-state index is 11.1. The molecule has 1 atom stereocenters. The highest BCUT2D eigenvalue weighted by Gasteiger charge is 2.04. The van der Waals surface area contributed by atoms with E-state index < -0.39 is 0 Å². The third kappa shape index (κ3) is 3.02. The highest BCUT2D eigenvalue weighted by atomic mass is 32.1. The Morgan fingerprint density at radius 2 is 2.58 bits per heavy atom. The van der Waals surface area contributed by atoms with Gasteiger partial charge in [0.15, 0.2) is 0 Å². The van der Waals surface area contributed by atoms with E-state index >= 15 is 0 Å². The van der Waals surface area contributed by atoms with Gasteiger partial charge in [-0.25, -0.2) is 0 Å². The second-order valence-electron chi connectivity index (χ2n) is 2.74. The van der Waals surface area contributed by atoms with E-state index in [4.69, 9.17) is 5.73 Å². The van der Waals surface area contributed by atoms with Crippen molar-refractivity contribution in [1.82, 2.24) is 0 Å². The van der Waals surface area contributed by atoms with Crippen molar-refractivity contribution in [2.75, 3.05) is 5.32 Å². The first-order valence-corrected chi connectivity index (χ1v) is 4.70. The smallest absolute Gasteiger partial charge is 0.225 e. The predicted molar refractivity (Wildman–Crippen MR) is 51.2 cm³/mol. The Balaban J connectivity index is 2.37. The number of nitrogens with two attached hydrogens (primary N) is 1. The first kappa shape index (κ1) is 9.22. The van der Waals surface area contributed by atoms with Gasteiger partial charge >= 0.3 is 0 Å². The Kier molecular flexibility index (Phi) is 3.25. The average molecular weight is 184 g/mol. The summed E-state index contributed by atoms with van der Waals surface area (Å²) in [6.45, 7) is 1.81. The highest BCUT2D eigenvalue weighted by molar-refractivity contribution is 7.08. The van der Waals surface area contributed by atoms with E-state index in [9.17, 15) is 4.79 Å². The topological polar surface area (TPSA) is 55.1 Å². The van der Waals surface area contributed by atoms with Gasteiger partial charge in [0.25, 0.3) is 0 Å². The molecule has 1 heterocycles. The van der Waals surface area contributed by atoms with Crippen molar-refractivity contribution in [1.29, 1.82) is 0 Å². The molecule has 0 saturated carbocycles. The van der Waals surface area contributed by atoms with Gasteiger partial charge in [0.2, 0.25) is 5.91 Å². The predicted octanol–water partition coefficient (Wildman–Crippen LogP) is 1.42. The number of carbonyl (C=O) groups is 1. The number of nitrogens with one attached hydrogen (secondary N) is 1. The van der Waals surface area contributed by atoms with E-state index in [1.165, 1.54) is 0 Å². The van der Waals surface area contributed by atoms with Crippen LogP contribution < -0.4 is 11.1 Å². The minimum atomic E-state index is -0.0800. The van der Waals surface area contributed by atoms with Crippen molar-refractivity contribution in [2.45, 2.75) is 19.4 Å². The lowest BCUT2D eigenvalue weighted by atomic mass is 10.2. The molecule has 12 heavy (non-hydrogen) atoms. The van der Waals surface area contributed by atoms with Crippen molar-refractivity contribution in [3.05, 3.63) is 16.8 Å². The number of hydrogen-bond acceptors (Lipinski definition) is 3. The van der Waals surface area contributed by atoms with Gasteiger partial charge in [-0.05, 0) is 18.4 Å². The molecule has 1 aromatic heterocycles. The van der Waals surface area contributed by atoms with E-state index in [1.807, 2.05) is 23.8 Å². The summed E-state index contributed by atoms with van der Waals surface area (Å²) in [6, 6.07) is 1.78. The summed E-state index contributed by atoms with van der Waals surface area (Å²) in [5.74, 6) is -0.0246. The van der Waals surface area contributed by atoms with Crippen LogP contribution >= 0.6 is 11.3 Å². The van der Waals surface area contributed by atoms with Crippen molar-refractivity contribution >= 4 is 22.9 Å². The number of carbonyl (C=O) groups excluding carboxylic acids is 1. The molecule has 66 valence electrons. The van der Waals surface area contributed by atoms with Gasteiger partial charge < -0.3 is 11.1 Å². The fourth-order valence-electron chi connectivity index (χ4n) is 0.840. The molecule has 1 aromatic rings. The molecule has 0 aliphatic rings. The molecule has 3 nitrogen and oxygen atoms in total. The lowest BCUT2D eigenvalue weighted by molar-refractivity contribution is -0.116. The normalized spacial score (nSPS) is 12.5. The molecule has 0 fully saturated rings. The van der Waals surface area contributed by atoms with Gasteiger partial charge in [-0.1, -0.05) is 0 Å². The Labute approximate surface area is 75.6 Å². The second kappa shape index (κ2) is 4.23. The lowest BCUT2D eigenvalue weighted by Crippen LogP contribution is -2.23. The van der Waals surface area contributed by atoms with Crippen LogP contribution in [0.15, 0.2) is 16.8 Å². The zero-order chi connectivity index (χ0) is 8.97. The van der Waals surface area contributed by atoms with Gasteiger partial charge in [0.05, 0.1) is 5.69 Å². The van der Waals surface area contributed by atoms with Crippen molar-refractivity contribution in [3.8, 4) is 0 Å². The first-order valence-electron chi connectivity index (χ1n) is 3.76. The fourth-order valence-corrected chi connectivity index (χ4v) is 1.43. The number of thiophene rings is 1. The summed E-state index contributed by atoms with van der Waals surface area (Å²) in [5, 5.41) is 6.55. The molecule has 0 bridgehead atoms. The van der Waals surface area contributed by atoms with E-state index in [1.54, 1.807) is 11.3 Å². The third-order valence-electron chi connectivity index (χ3n) is 1.31. The molecular formula is C8H12N2OS. The molecule has 1 unspecified atom stereocenters. The van der Waals surface area contributed by atoms with E-state index in [0.29, 0.717) is 6.42 Å². The van der Waals surface area contributed by atoms with Crippen LogP contribution in [-0.4, -0.2) is 11.9 Å². The number of anilines is 1. The summed E-state index contributed by atoms with van der Waals surface area (Å²) in [6.07, 6.45) is 0.371. The minimum Gasteiger partial charge on any atom is -0.327 e. The zero-order valence-corrected chi connectivity index (χ0v) is 7.73. The molecular weight excluding hydrogens is 172 g/mol.